The molecule has 21 heavy (non-hydrogen) atoms. The summed E-state index contributed by atoms with van der Waals surface area (Å²) in [6.45, 7) is 5.22. The number of carbonyl (C=O) groups is 1. The lowest BCUT2D eigenvalue weighted by Gasteiger charge is -2.27. The smallest absolute Gasteiger partial charge is 0.241 e. The molecular formula is C18H28N2O. The molecule has 3 atom stereocenters. The first kappa shape index (κ1) is 16.0. The molecule has 0 spiro atoms. The van der Waals surface area contributed by atoms with Crippen LogP contribution in [0.1, 0.15) is 46.0 Å². The van der Waals surface area contributed by atoms with Gasteiger partial charge in [-0.25, -0.2) is 0 Å². The molecular weight excluding hydrogens is 260 g/mol. The van der Waals surface area contributed by atoms with Crippen molar-refractivity contribution in [2.45, 2.75) is 52.0 Å². The largest absolute Gasteiger partial charge is 0.325 e. The van der Waals surface area contributed by atoms with E-state index in [4.69, 9.17) is 0 Å². The number of amides is 1. The summed E-state index contributed by atoms with van der Waals surface area (Å²) in [5, 5.41) is 6.29. The van der Waals surface area contributed by atoms with Crippen LogP contribution in [0.2, 0.25) is 0 Å². The normalized spacial score (nSPS) is 23.5. The Morgan fingerprint density at radius 1 is 1.29 bits per heavy atom. The Labute approximate surface area is 128 Å². The Bertz CT molecular complexity index is 432. The number of nitrogens with one attached hydrogen (secondary N) is 2. The van der Waals surface area contributed by atoms with Gasteiger partial charge in [0.1, 0.15) is 0 Å². The fraction of sp³-hybridized carbons (Fsp3) is 0.611. The van der Waals surface area contributed by atoms with Crippen molar-refractivity contribution in [3.05, 3.63) is 30.3 Å². The van der Waals surface area contributed by atoms with Crippen LogP contribution in [0.4, 0.5) is 5.69 Å². The molecule has 3 heteroatoms. The maximum absolute atomic E-state index is 12.1. The number of anilines is 1. The summed E-state index contributed by atoms with van der Waals surface area (Å²) in [6, 6.07) is 9.48. The van der Waals surface area contributed by atoms with Gasteiger partial charge < -0.3 is 10.6 Å². The number of para-hydroxylation sites is 1. The standard InChI is InChI=1S/C18H28N2O/c1-14-7-6-8-16(13-14)11-12-19-15(2)18(21)20-17-9-4-3-5-10-17/h3-5,9-10,14-16,19H,6-8,11-13H2,1-2H3,(H,20,21). The van der Waals surface area contributed by atoms with E-state index in [-0.39, 0.29) is 11.9 Å². The van der Waals surface area contributed by atoms with Gasteiger partial charge in [0.25, 0.3) is 0 Å². The molecule has 1 aliphatic carbocycles. The van der Waals surface area contributed by atoms with E-state index in [0.717, 1.165) is 24.1 Å². The molecule has 0 saturated heterocycles. The molecule has 0 heterocycles. The summed E-state index contributed by atoms with van der Waals surface area (Å²) in [5.41, 5.74) is 0.859. The molecule has 3 nitrogen and oxygen atoms in total. The van der Waals surface area contributed by atoms with Crippen LogP contribution in [0.25, 0.3) is 0 Å². The number of rotatable bonds is 6. The number of carbonyl (C=O) groups excluding carboxylic acids is 1. The highest BCUT2D eigenvalue weighted by Crippen LogP contribution is 2.30. The minimum Gasteiger partial charge on any atom is -0.325 e. The van der Waals surface area contributed by atoms with Crippen molar-refractivity contribution < 1.29 is 4.79 Å². The zero-order chi connectivity index (χ0) is 15.1. The first-order valence-corrected chi connectivity index (χ1v) is 8.24. The van der Waals surface area contributed by atoms with Crippen LogP contribution in [0.15, 0.2) is 30.3 Å². The lowest BCUT2D eigenvalue weighted by molar-refractivity contribution is -0.117. The topological polar surface area (TPSA) is 41.1 Å². The van der Waals surface area contributed by atoms with Crippen LogP contribution >= 0.6 is 0 Å². The Morgan fingerprint density at radius 2 is 2.05 bits per heavy atom. The van der Waals surface area contributed by atoms with Crippen molar-refractivity contribution in [3.8, 4) is 0 Å². The van der Waals surface area contributed by atoms with Crippen LogP contribution in [0.5, 0.6) is 0 Å². The predicted octanol–water partition coefficient (Wildman–Crippen LogP) is 3.82. The van der Waals surface area contributed by atoms with E-state index in [1.54, 1.807) is 0 Å². The van der Waals surface area contributed by atoms with Gasteiger partial charge in [0.05, 0.1) is 6.04 Å². The highest BCUT2D eigenvalue weighted by Gasteiger charge is 2.19. The van der Waals surface area contributed by atoms with E-state index >= 15 is 0 Å². The average molecular weight is 288 g/mol. The third-order valence-electron chi connectivity index (χ3n) is 4.48. The molecule has 2 rings (SSSR count). The molecule has 0 radical (unpaired) electrons. The van der Waals surface area contributed by atoms with E-state index in [2.05, 4.69) is 17.6 Å². The molecule has 0 bridgehead atoms. The molecule has 3 unspecified atom stereocenters. The Kier molecular flexibility index (Phi) is 6.24. The summed E-state index contributed by atoms with van der Waals surface area (Å²) >= 11 is 0. The summed E-state index contributed by atoms with van der Waals surface area (Å²) in [7, 11) is 0. The summed E-state index contributed by atoms with van der Waals surface area (Å²) in [5.74, 6) is 1.76. The maximum Gasteiger partial charge on any atom is 0.241 e. The van der Waals surface area contributed by atoms with Gasteiger partial charge in [-0.3, -0.25) is 4.79 Å². The van der Waals surface area contributed by atoms with Crippen LogP contribution in [0.3, 0.4) is 0 Å². The third kappa shape index (κ3) is 5.50. The first-order valence-electron chi connectivity index (χ1n) is 8.24. The van der Waals surface area contributed by atoms with Crippen molar-refractivity contribution >= 4 is 11.6 Å². The van der Waals surface area contributed by atoms with Gasteiger partial charge in [0.15, 0.2) is 0 Å². The van der Waals surface area contributed by atoms with Crippen LogP contribution in [-0.4, -0.2) is 18.5 Å². The van der Waals surface area contributed by atoms with E-state index in [9.17, 15) is 4.79 Å². The van der Waals surface area contributed by atoms with Gasteiger partial charge in [-0.2, -0.15) is 0 Å². The Morgan fingerprint density at radius 3 is 2.76 bits per heavy atom. The summed E-state index contributed by atoms with van der Waals surface area (Å²) < 4.78 is 0. The lowest BCUT2D eigenvalue weighted by Crippen LogP contribution is -2.39. The van der Waals surface area contributed by atoms with Gasteiger partial charge >= 0.3 is 0 Å². The highest BCUT2D eigenvalue weighted by atomic mass is 16.2. The number of hydrogen-bond donors (Lipinski definition) is 2. The molecule has 1 aliphatic rings. The predicted molar refractivity (Wildman–Crippen MR) is 88.3 cm³/mol. The molecule has 1 fully saturated rings. The quantitative estimate of drug-likeness (QED) is 0.835. The molecule has 1 amide bonds. The minimum absolute atomic E-state index is 0.0400. The molecule has 116 valence electrons. The van der Waals surface area contributed by atoms with Crippen molar-refractivity contribution in [2.24, 2.45) is 11.8 Å². The van der Waals surface area contributed by atoms with Gasteiger partial charge in [-0.15, -0.1) is 0 Å². The second kappa shape index (κ2) is 8.18. The molecule has 0 aromatic heterocycles. The second-order valence-electron chi connectivity index (χ2n) is 6.46. The van der Waals surface area contributed by atoms with Gasteiger partial charge in [-0.1, -0.05) is 44.4 Å². The van der Waals surface area contributed by atoms with Crippen LogP contribution in [0, 0.1) is 11.8 Å². The zero-order valence-electron chi connectivity index (χ0n) is 13.3. The van der Waals surface area contributed by atoms with Gasteiger partial charge in [0, 0.05) is 5.69 Å². The number of benzene rings is 1. The average Bonchev–Trinajstić information content (AvgIpc) is 2.48. The van der Waals surface area contributed by atoms with Crippen molar-refractivity contribution in [1.29, 1.82) is 0 Å². The van der Waals surface area contributed by atoms with Crippen LogP contribution in [-0.2, 0) is 4.79 Å². The molecule has 0 aliphatic heterocycles. The second-order valence-corrected chi connectivity index (χ2v) is 6.46. The summed E-state index contributed by atoms with van der Waals surface area (Å²) in [6.07, 6.45) is 6.66. The van der Waals surface area contributed by atoms with Crippen molar-refractivity contribution in [3.63, 3.8) is 0 Å². The highest BCUT2D eigenvalue weighted by molar-refractivity contribution is 5.94. The Hall–Kier alpha value is -1.35. The van der Waals surface area contributed by atoms with E-state index in [0.29, 0.717) is 0 Å². The van der Waals surface area contributed by atoms with Gasteiger partial charge in [-0.05, 0) is 50.3 Å². The first-order chi connectivity index (χ1) is 10.1. The Balaban J connectivity index is 1.66. The summed E-state index contributed by atoms with van der Waals surface area (Å²) in [4.78, 5) is 12.1. The SMILES string of the molecule is CC1CCCC(CCNC(C)C(=O)Nc2ccccc2)C1. The van der Waals surface area contributed by atoms with Gasteiger partial charge in [0.2, 0.25) is 5.91 Å². The molecule has 1 aromatic carbocycles. The lowest BCUT2D eigenvalue weighted by atomic mass is 9.81. The zero-order valence-corrected chi connectivity index (χ0v) is 13.3. The maximum atomic E-state index is 12.1. The molecule has 1 aromatic rings. The van der Waals surface area contributed by atoms with E-state index < -0.39 is 0 Å². The van der Waals surface area contributed by atoms with Crippen LogP contribution < -0.4 is 10.6 Å². The fourth-order valence-corrected chi connectivity index (χ4v) is 3.19. The molecule has 1 saturated carbocycles. The number of hydrogen-bond acceptors (Lipinski definition) is 2. The van der Waals surface area contributed by atoms with Crippen molar-refractivity contribution in [1.82, 2.24) is 5.32 Å². The fourth-order valence-electron chi connectivity index (χ4n) is 3.19. The molecule has 2 N–H and O–H groups in total. The van der Waals surface area contributed by atoms with E-state index in [1.165, 1.54) is 32.1 Å². The van der Waals surface area contributed by atoms with E-state index in [1.807, 2.05) is 37.3 Å². The monoisotopic (exact) mass is 288 g/mol. The minimum atomic E-state index is -0.147. The third-order valence-corrected chi connectivity index (χ3v) is 4.48. The van der Waals surface area contributed by atoms with Crippen molar-refractivity contribution in [2.75, 3.05) is 11.9 Å².